The maximum atomic E-state index is 11.3. The molecule has 0 heterocycles. The zero-order chi connectivity index (χ0) is 11.9. The number of nitrogens with one attached hydrogen (secondary N) is 1. The van der Waals surface area contributed by atoms with E-state index < -0.39 is 17.7 Å². The van der Waals surface area contributed by atoms with Crippen molar-refractivity contribution in [1.82, 2.24) is 5.32 Å². The number of hydrogen-bond acceptors (Lipinski definition) is 4. The number of thioether (sulfide) groups is 1. The first-order valence-electron chi connectivity index (χ1n) is 4.75. The van der Waals surface area contributed by atoms with Gasteiger partial charge in [-0.1, -0.05) is 0 Å². The molecule has 15 heavy (non-hydrogen) atoms. The van der Waals surface area contributed by atoms with E-state index in [2.05, 4.69) is 5.32 Å². The van der Waals surface area contributed by atoms with Crippen LogP contribution in [-0.4, -0.2) is 36.0 Å². The Morgan fingerprint density at radius 2 is 2.13 bits per heavy atom. The smallest absolute Gasteiger partial charge is 0.408 e. The van der Waals surface area contributed by atoms with Crippen LogP contribution in [0.15, 0.2) is 0 Å². The van der Waals surface area contributed by atoms with Crippen LogP contribution in [0.5, 0.6) is 0 Å². The summed E-state index contributed by atoms with van der Waals surface area (Å²) in [6.45, 7) is 5.32. The molecule has 0 bridgehead atoms. The van der Waals surface area contributed by atoms with Gasteiger partial charge in [-0.25, -0.2) is 4.79 Å². The van der Waals surface area contributed by atoms with Crippen molar-refractivity contribution >= 4 is 24.1 Å². The summed E-state index contributed by atoms with van der Waals surface area (Å²) in [7, 11) is 0. The Labute approximate surface area is 95.1 Å². The molecular formula is C10H18NO3S. The van der Waals surface area contributed by atoms with Gasteiger partial charge in [-0.3, -0.25) is 4.79 Å². The highest BCUT2D eigenvalue weighted by molar-refractivity contribution is 7.98. The van der Waals surface area contributed by atoms with Gasteiger partial charge < -0.3 is 10.1 Å². The number of hydrogen-bond donors (Lipinski definition) is 1. The van der Waals surface area contributed by atoms with Crippen LogP contribution in [0.1, 0.15) is 27.2 Å². The van der Waals surface area contributed by atoms with Crippen LogP contribution in [0, 0.1) is 0 Å². The number of alkyl carbamates (subject to hydrolysis) is 1. The van der Waals surface area contributed by atoms with Gasteiger partial charge in [0.05, 0.1) is 6.04 Å². The van der Waals surface area contributed by atoms with E-state index in [9.17, 15) is 9.59 Å². The summed E-state index contributed by atoms with van der Waals surface area (Å²) >= 11 is 1.61. The molecule has 0 aromatic heterocycles. The summed E-state index contributed by atoms with van der Waals surface area (Å²) in [6.07, 6.45) is 3.72. The number of carbonyl (C=O) groups excluding carboxylic acids is 2. The molecule has 1 atom stereocenters. The van der Waals surface area contributed by atoms with Crippen molar-refractivity contribution in [3.8, 4) is 0 Å². The Morgan fingerprint density at radius 1 is 1.53 bits per heavy atom. The molecule has 5 heteroatoms. The lowest BCUT2D eigenvalue weighted by Gasteiger charge is -2.21. The molecule has 4 nitrogen and oxygen atoms in total. The van der Waals surface area contributed by atoms with Crippen LogP contribution in [0.25, 0.3) is 0 Å². The number of carbonyl (C=O) groups is 1. The molecule has 0 aromatic carbocycles. The molecule has 0 spiro atoms. The molecule has 87 valence electrons. The van der Waals surface area contributed by atoms with Crippen molar-refractivity contribution in [2.24, 2.45) is 0 Å². The second kappa shape index (κ2) is 6.71. The minimum absolute atomic E-state index is 0.545. The minimum atomic E-state index is -0.577. The maximum absolute atomic E-state index is 11.3. The molecule has 1 amide bonds. The normalized spacial score (nSPS) is 13.1. The molecule has 0 saturated heterocycles. The Morgan fingerprint density at radius 3 is 2.53 bits per heavy atom. The fourth-order valence-corrected chi connectivity index (χ4v) is 1.32. The maximum Gasteiger partial charge on any atom is 0.408 e. The number of amides is 1. The summed E-state index contributed by atoms with van der Waals surface area (Å²) in [5.41, 5.74) is -0.545. The average Bonchev–Trinajstić information content (AvgIpc) is 2.09. The zero-order valence-electron chi connectivity index (χ0n) is 9.62. The summed E-state index contributed by atoms with van der Waals surface area (Å²) < 4.78 is 5.01. The van der Waals surface area contributed by atoms with Gasteiger partial charge in [0.1, 0.15) is 5.60 Å². The van der Waals surface area contributed by atoms with Crippen molar-refractivity contribution in [2.75, 3.05) is 12.0 Å². The van der Waals surface area contributed by atoms with E-state index in [1.54, 1.807) is 38.8 Å². The lowest BCUT2D eigenvalue weighted by atomic mass is 10.2. The summed E-state index contributed by atoms with van der Waals surface area (Å²) in [4.78, 5) is 21.8. The van der Waals surface area contributed by atoms with Gasteiger partial charge in [0.25, 0.3) is 0 Å². The second-order valence-electron chi connectivity index (χ2n) is 4.10. The predicted molar refractivity (Wildman–Crippen MR) is 61.9 cm³/mol. The van der Waals surface area contributed by atoms with E-state index in [0.29, 0.717) is 6.42 Å². The van der Waals surface area contributed by atoms with Crippen LogP contribution >= 0.6 is 11.8 Å². The highest BCUT2D eigenvalue weighted by Gasteiger charge is 2.19. The van der Waals surface area contributed by atoms with Gasteiger partial charge in [-0.05, 0) is 39.2 Å². The quantitative estimate of drug-likeness (QED) is 0.784. The summed E-state index contributed by atoms with van der Waals surface area (Å²) in [5.74, 6) is 0.801. The standard InChI is InChI=1S/C10H18NO3S/c1-10(2,3)14-9(13)11-8(7-12)5-6-15-4/h8H,5-6H2,1-4H3,(H,11,13)/t8-/m1/s1. The lowest BCUT2D eigenvalue weighted by Crippen LogP contribution is -2.40. The molecule has 0 aromatic rings. The number of rotatable bonds is 5. The van der Waals surface area contributed by atoms with E-state index in [4.69, 9.17) is 4.74 Å². The lowest BCUT2D eigenvalue weighted by molar-refractivity contribution is 0.0516. The van der Waals surface area contributed by atoms with E-state index in [1.807, 2.05) is 6.26 Å². The van der Waals surface area contributed by atoms with Crippen LogP contribution < -0.4 is 5.32 Å². The van der Waals surface area contributed by atoms with Crippen molar-refractivity contribution < 1.29 is 14.3 Å². The Kier molecular flexibility index (Phi) is 6.40. The molecule has 0 unspecified atom stereocenters. The van der Waals surface area contributed by atoms with Gasteiger partial charge in [-0.2, -0.15) is 11.8 Å². The van der Waals surface area contributed by atoms with Crippen LogP contribution in [0.3, 0.4) is 0 Å². The average molecular weight is 232 g/mol. The first kappa shape index (κ1) is 14.3. The fraction of sp³-hybridized carbons (Fsp3) is 0.800. The number of ether oxygens (including phenoxy) is 1. The summed E-state index contributed by atoms with van der Waals surface area (Å²) in [5, 5.41) is 2.46. The first-order valence-corrected chi connectivity index (χ1v) is 6.14. The summed E-state index contributed by atoms with van der Waals surface area (Å²) in [6, 6.07) is -0.577. The van der Waals surface area contributed by atoms with Gasteiger partial charge in [0.2, 0.25) is 6.29 Å². The van der Waals surface area contributed by atoms with Crippen molar-refractivity contribution in [3.05, 3.63) is 0 Å². The molecule has 0 fully saturated rings. The van der Waals surface area contributed by atoms with Crippen molar-refractivity contribution in [2.45, 2.75) is 38.8 Å². The Hall–Kier alpha value is -0.710. The SMILES string of the molecule is CSCC[C@H]([C]=O)NC(=O)OC(C)(C)C. The van der Waals surface area contributed by atoms with Crippen molar-refractivity contribution in [3.63, 3.8) is 0 Å². The molecule has 0 aliphatic carbocycles. The van der Waals surface area contributed by atoms with E-state index in [0.717, 1.165) is 5.75 Å². The second-order valence-corrected chi connectivity index (χ2v) is 5.08. The highest BCUT2D eigenvalue weighted by atomic mass is 32.2. The highest BCUT2D eigenvalue weighted by Crippen LogP contribution is 2.07. The zero-order valence-corrected chi connectivity index (χ0v) is 10.4. The fourth-order valence-electron chi connectivity index (χ4n) is 0.846. The predicted octanol–water partition coefficient (Wildman–Crippen LogP) is 1.74. The third-order valence-electron chi connectivity index (χ3n) is 1.44. The van der Waals surface area contributed by atoms with E-state index in [1.165, 1.54) is 0 Å². The Balaban J connectivity index is 3.96. The van der Waals surface area contributed by atoms with Crippen LogP contribution in [0.4, 0.5) is 4.79 Å². The van der Waals surface area contributed by atoms with Crippen molar-refractivity contribution in [1.29, 1.82) is 0 Å². The molecule has 1 N–H and O–H groups in total. The van der Waals surface area contributed by atoms with E-state index >= 15 is 0 Å². The molecule has 0 aliphatic rings. The minimum Gasteiger partial charge on any atom is -0.444 e. The van der Waals surface area contributed by atoms with Crippen LogP contribution in [-0.2, 0) is 9.53 Å². The van der Waals surface area contributed by atoms with E-state index in [-0.39, 0.29) is 0 Å². The van der Waals surface area contributed by atoms with Gasteiger partial charge in [-0.15, -0.1) is 0 Å². The third kappa shape index (κ3) is 8.30. The molecule has 0 aliphatic heterocycles. The topological polar surface area (TPSA) is 55.4 Å². The molecule has 0 rings (SSSR count). The molecule has 1 radical (unpaired) electrons. The van der Waals surface area contributed by atoms with Crippen LogP contribution in [0.2, 0.25) is 0 Å². The van der Waals surface area contributed by atoms with Gasteiger partial charge >= 0.3 is 6.09 Å². The molecular weight excluding hydrogens is 214 g/mol. The Bertz CT molecular complexity index is 213. The first-order chi connectivity index (χ1) is 6.89. The largest absolute Gasteiger partial charge is 0.444 e. The third-order valence-corrected chi connectivity index (χ3v) is 2.09. The van der Waals surface area contributed by atoms with Gasteiger partial charge in [0.15, 0.2) is 0 Å². The molecule has 0 saturated carbocycles. The van der Waals surface area contributed by atoms with Gasteiger partial charge in [0, 0.05) is 0 Å². The monoisotopic (exact) mass is 232 g/mol.